The molecule has 0 saturated carbocycles. The van der Waals surface area contributed by atoms with Gasteiger partial charge in [0.05, 0.1) is 7.11 Å². The summed E-state index contributed by atoms with van der Waals surface area (Å²) in [5.74, 6) is 1.28. The number of hydrogen-bond acceptors (Lipinski definition) is 4. The van der Waals surface area contributed by atoms with E-state index in [0.717, 1.165) is 19.0 Å². The molecule has 8 heteroatoms. The highest BCUT2D eigenvalue weighted by Crippen LogP contribution is 2.12. The number of aliphatic imine (C=N–C) groups is 1. The Labute approximate surface area is 186 Å². The molecule has 3 N–H and O–H groups in total. The number of carbonyl (C=O) groups excluding carboxylic acids is 1. The lowest BCUT2D eigenvalue weighted by atomic mass is 10.2. The number of halogens is 1. The van der Waals surface area contributed by atoms with Gasteiger partial charge in [0.25, 0.3) is 5.91 Å². The van der Waals surface area contributed by atoms with Gasteiger partial charge in [0, 0.05) is 50.9 Å². The number of hydrogen-bond donors (Lipinski definition) is 3. The van der Waals surface area contributed by atoms with Gasteiger partial charge in [0.2, 0.25) is 0 Å². The lowest BCUT2D eigenvalue weighted by molar-refractivity contribution is 0.0954. The Balaban J connectivity index is 0.00000729. The molecule has 0 spiro atoms. The molecule has 0 atom stereocenters. The van der Waals surface area contributed by atoms with Crippen LogP contribution in [0.5, 0.6) is 5.75 Å². The lowest BCUT2D eigenvalue weighted by Gasteiger charge is -2.30. The van der Waals surface area contributed by atoms with Gasteiger partial charge in [-0.1, -0.05) is 6.07 Å². The normalized spacial score (nSPS) is 11.4. The topological polar surface area (TPSA) is 78.0 Å². The summed E-state index contributed by atoms with van der Waals surface area (Å²) in [7, 11) is 3.33. The van der Waals surface area contributed by atoms with Crippen molar-refractivity contribution in [3.05, 3.63) is 29.8 Å². The molecule has 1 amide bonds. The third kappa shape index (κ3) is 9.59. The van der Waals surface area contributed by atoms with E-state index in [9.17, 15) is 4.79 Å². The fourth-order valence-electron chi connectivity index (χ4n) is 2.86. The molecule has 0 radical (unpaired) electrons. The molecule has 0 heterocycles. The van der Waals surface area contributed by atoms with Crippen molar-refractivity contribution in [2.75, 3.05) is 40.3 Å². The van der Waals surface area contributed by atoms with E-state index >= 15 is 0 Å². The molecule has 0 aliphatic carbocycles. The standard InChI is InChI=1S/C20H35N5O2.HI/c1-15(2)25(16(3)4)13-12-24-20(21-5)23-11-10-22-19(26)17-8-7-9-18(14-17)27-6;/h7-9,14-16H,10-13H2,1-6H3,(H,22,26)(H2,21,23,24);1H. The lowest BCUT2D eigenvalue weighted by Crippen LogP contribution is -2.46. The highest BCUT2D eigenvalue weighted by atomic mass is 127. The minimum atomic E-state index is -0.122. The summed E-state index contributed by atoms with van der Waals surface area (Å²) in [5.41, 5.74) is 0.583. The number of benzene rings is 1. The molecule has 1 rings (SSSR count). The van der Waals surface area contributed by atoms with E-state index in [0.29, 0.717) is 36.5 Å². The number of carbonyl (C=O) groups is 1. The van der Waals surface area contributed by atoms with Crippen LogP contribution in [-0.2, 0) is 0 Å². The van der Waals surface area contributed by atoms with E-state index in [4.69, 9.17) is 4.74 Å². The van der Waals surface area contributed by atoms with Gasteiger partial charge in [-0.2, -0.15) is 0 Å². The van der Waals surface area contributed by atoms with Crippen molar-refractivity contribution in [3.63, 3.8) is 0 Å². The first-order valence-electron chi connectivity index (χ1n) is 9.51. The minimum Gasteiger partial charge on any atom is -0.497 e. The number of guanidine groups is 1. The van der Waals surface area contributed by atoms with Crippen LogP contribution in [0.2, 0.25) is 0 Å². The van der Waals surface area contributed by atoms with Crippen molar-refractivity contribution in [2.24, 2.45) is 4.99 Å². The van der Waals surface area contributed by atoms with E-state index in [1.165, 1.54) is 0 Å². The van der Waals surface area contributed by atoms with E-state index in [1.54, 1.807) is 32.4 Å². The van der Waals surface area contributed by atoms with Gasteiger partial charge in [-0.15, -0.1) is 24.0 Å². The summed E-state index contributed by atoms with van der Waals surface area (Å²) in [6.07, 6.45) is 0. The number of ether oxygens (including phenoxy) is 1. The van der Waals surface area contributed by atoms with Crippen LogP contribution in [-0.4, -0.2) is 69.2 Å². The Morgan fingerprint density at radius 3 is 2.25 bits per heavy atom. The number of nitrogens with one attached hydrogen (secondary N) is 3. The summed E-state index contributed by atoms with van der Waals surface area (Å²) >= 11 is 0. The molecule has 7 nitrogen and oxygen atoms in total. The Bertz CT molecular complexity index is 600. The first-order chi connectivity index (χ1) is 12.9. The first-order valence-corrected chi connectivity index (χ1v) is 9.51. The fourth-order valence-corrected chi connectivity index (χ4v) is 2.86. The zero-order valence-corrected chi connectivity index (χ0v) is 20.2. The van der Waals surface area contributed by atoms with E-state index in [2.05, 4.69) is 53.5 Å². The highest BCUT2D eigenvalue weighted by molar-refractivity contribution is 14.0. The van der Waals surface area contributed by atoms with Crippen molar-refractivity contribution in [1.29, 1.82) is 0 Å². The average Bonchev–Trinajstić information content (AvgIpc) is 2.65. The van der Waals surface area contributed by atoms with Gasteiger partial charge >= 0.3 is 0 Å². The smallest absolute Gasteiger partial charge is 0.251 e. The molecule has 0 fully saturated rings. The van der Waals surface area contributed by atoms with Crippen molar-refractivity contribution in [2.45, 2.75) is 39.8 Å². The molecule has 160 valence electrons. The second kappa shape index (κ2) is 14.4. The Kier molecular flexibility index (Phi) is 13.6. The number of methoxy groups -OCH3 is 1. The largest absolute Gasteiger partial charge is 0.497 e. The van der Waals surface area contributed by atoms with Gasteiger partial charge in [-0.05, 0) is 45.9 Å². The van der Waals surface area contributed by atoms with Crippen LogP contribution in [0.1, 0.15) is 38.1 Å². The monoisotopic (exact) mass is 505 g/mol. The van der Waals surface area contributed by atoms with Crippen LogP contribution in [0, 0.1) is 0 Å². The zero-order chi connectivity index (χ0) is 20.2. The highest BCUT2D eigenvalue weighted by Gasteiger charge is 2.12. The van der Waals surface area contributed by atoms with Gasteiger partial charge in [-0.25, -0.2) is 0 Å². The molecule has 1 aromatic carbocycles. The predicted molar refractivity (Wildman–Crippen MR) is 127 cm³/mol. The molecule has 0 aromatic heterocycles. The molecule has 0 saturated heterocycles. The van der Waals surface area contributed by atoms with E-state index in [1.807, 2.05) is 6.07 Å². The fraction of sp³-hybridized carbons (Fsp3) is 0.600. The first kappa shape index (κ1) is 26.4. The quantitative estimate of drug-likeness (QED) is 0.197. The maximum atomic E-state index is 12.2. The third-order valence-corrected chi connectivity index (χ3v) is 4.25. The van der Waals surface area contributed by atoms with Crippen molar-refractivity contribution in [1.82, 2.24) is 20.9 Å². The molecule has 0 aliphatic rings. The SMILES string of the molecule is CN=C(NCCNC(=O)c1cccc(OC)c1)NCCN(C(C)C)C(C)C.I. The van der Waals surface area contributed by atoms with Crippen LogP contribution in [0.25, 0.3) is 0 Å². The van der Waals surface area contributed by atoms with Gasteiger partial charge in [0.1, 0.15) is 5.75 Å². The number of nitrogens with zero attached hydrogens (tertiary/aromatic N) is 2. The summed E-state index contributed by atoms with van der Waals surface area (Å²) in [6, 6.07) is 8.12. The van der Waals surface area contributed by atoms with E-state index < -0.39 is 0 Å². The Morgan fingerprint density at radius 1 is 1.07 bits per heavy atom. The van der Waals surface area contributed by atoms with Crippen LogP contribution in [0.3, 0.4) is 0 Å². The van der Waals surface area contributed by atoms with E-state index in [-0.39, 0.29) is 29.9 Å². The minimum absolute atomic E-state index is 0. The Hall–Kier alpha value is -1.55. The molecular weight excluding hydrogens is 469 g/mol. The Morgan fingerprint density at radius 2 is 1.68 bits per heavy atom. The van der Waals surface area contributed by atoms with Crippen molar-refractivity contribution in [3.8, 4) is 5.75 Å². The van der Waals surface area contributed by atoms with Crippen LogP contribution < -0.4 is 20.7 Å². The molecule has 0 bridgehead atoms. The molecule has 0 aliphatic heterocycles. The van der Waals surface area contributed by atoms with Gasteiger partial charge < -0.3 is 20.7 Å². The van der Waals surface area contributed by atoms with Crippen LogP contribution >= 0.6 is 24.0 Å². The molecular formula is C20H36IN5O2. The predicted octanol–water partition coefficient (Wildman–Crippen LogP) is 2.33. The third-order valence-electron chi connectivity index (χ3n) is 4.25. The van der Waals surface area contributed by atoms with Crippen LogP contribution in [0.4, 0.5) is 0 Å². The maximum Gasteiger partial charge on any atom is 0.251 e. The van der Waals surface area contributed by atoms with Crippen LogP contribution in [0.15, 0.2) is 29.3 Å². The summed E-state index contributed by atoms with van der Waals surface area (Å²) in [4.78, 5) is 18.8. The summed E-state index contributed by atoms with van der Waals surface area (Å²) in [6.45, 7) is 11.7. The van der Waals surface area contributed by atoms with Crippen molar-refractivity contribution >= 4 is 35.8 Å². The maximum absolute atomic E-state index is 12.2. The zero-order valence-electron chi connectivity index (χ0n) is 17.9. The van der Waals surface area contributed by atoms with Gasteiger partial charge in [0.15, 0.2) is 5.96 Å². The van der Waals surface area contributed by atoms with Crippen molar-refractivity contribution < 1.29 is 9.53 Å². The average molecular weight is 505 g/mol. The summed E-state index contributed by atoms with van der Waals surface area (Å²) in [5, 5.41) is 9.41. The van der Waals surface area contributed by atoms with Gasteiger partial charge in [-0.3, -0.25) is 14.7 Å². The molecule has 0 unspecified atom stereocenters. The molecule has 28 heavy (non-hydrogen) atoms. The number of rotatable bonds is 10. The second-order valence-electron chi connectivity index (χ2n) is 6.84. The molecule has 1 aromatic rings. The second-order valence-corrected chi connectivity index (χ2v) is 6.84. The summed E-state index contributed by atoms with van der Waals surface area (Å²) < 4.78 is 5.14. The number of amides is 1.